The summed E-state index contributed by atoms with van der Waals surface area (Å²) in [6, 6.07) is 18.7. The van der Waals surface area contributed by atoms with Crippen LogP contribution in [-0.4, -0.2) is 72.6 Å². The molecule has 1 aliphatic heterocycles. The predicted molar refractivity (Wildman–Crippen MR) is 121 cm³/mol. The van der Waals surface area contributed by atoms with Crippen LogP contribution in [-0.2, 0) is 6.42 Å². The number of hydrogen-bond acceptors (Lipinski definition) is 6. The molecule has 6 nitrogen and oxygen atoms in total. The zero-order valence-corrected chi connectivity index (χ0v) is 17.1. The molecule has 3 aromatic rings. The normalized spacial score (nSPS) is 15.5. The van der Waals surface area contributed by atoms with E-state index in [1.807, 2.05) is 24.3 Å². The fourth-order valence-corrected chi connectivity index (χ4v) is 3.66. The van der Waals surface area contributed by atoms with Crippen molar-refractivity contribution in [3.8, 4) is 0 Å². The monoisotopic (exact) mass is 390 g/mol. The van der Waals surface area contributed by atoms with Gasteiger partial charge in [0.05, 0.1) is 5.52 Å². The van der Waals surface area contributed by atoms with Gasteiger partial charge in [-0.1, -0.05) is 42.5 Å². The number of para-hydroxylation sites is 1. The Morgan fingerprint density at radius 3 is 2.41 bits per heavy atom. The number of nitrogens with one attached hydrogen (secondary N) is 2. The molecule has 29 heavy (non-hydrogen) atoms. The third-order valence-electron chi connectivity index (χ3n) is 5.46. The number of fused-ring (bicyclic) bond motifs is 1. The second-order valence-electron chi connectivity index (χ2n) is 7.65. The third-order valence-corrected chi connectivity index (χ3v) is 5.46. The standard InChI is InChI=1S/C23H30N6/c1-28-15-17-29(18-16-28)14-13-24-22-20-9-5-6-10-21(20)26-23(27-22)25-12-11-19-7-3-2-4-8-19/h2-10H,11-18H2,1H3,(H2,24,25,26,27). The van der Waals surface area contributed by atoms with Crippen LogP contribution in [0.3, 0.4) is 0 Å². The van der Waals surface area contributed by atoms with Crippen molar-refractivity contribution in [3.05, 3.63) is 60.2 Å². The van der Waals surface area contributed by atoms with E-state index in [4.69, 9.17) is 9.97 Å². The molecule has 2 aromatic carbocycles. The molecular formula is C23H30N6. The smallest absolute Gasteiger partial charge is 0.225 e. The highest BCUT2D eigenvalue weighted by Crippen LogP contribution is 2.21. The Labute approximate surface area is 173 Å². The Hall–Kier alpha value is -2.70. The van der Waals surface area contributed by atoms with Crippen molar-refractivity contribution in [1.29, 1.82) is 0 Å². The van der Waals surface area contributed by atoms with Gasteiger partial charge in [0, 0.05) is 51.2 Å². The van der Waals surface area contributed by atoms with E-state index in [9.17, 15) is 0 Å². The number of aromatic nitrogens is 2. The van der Waals surface area contributed by atoms with Crippen LogP contribution in [0.25, 0.3) is 10.9 Å². The topological polar surface area (TPSA) is 56.3 Å². The Balaban J connectivity index is 1.39. The lowest BCUT2D eigenvalue weighted by atomic mass is 10.1. The molecule has 0 atom stereocenters. The van der Waals surface area contributed by atoms with Crippen LogP contribution >= 0.6 is 0 Å². The fraction of sp³-hybridized carbons (Fsp3) is 0.391. The van der Waals surface area contributed by atoms with Gasteiger partial charge >= 0.3 is 0 Å². The highest BCUT2D eigenvalue weighted by molar-refractivity contribution is 5.90. The Kier molecular flexibility index (Phi) is 6.54. The minimum Gasteiger partial charge on any atom is -0.368 e. The Morgan fingerprint density at radius 1 is 0.828 bits per heavy atom. The highest BCUT2D eigenvalue weighted by atomic mass is 15.3. The van der Waals surface area contributed by atoms with Gasteiger partial charge in [-0.25, -0.2) is 4.98 Å². The number of anilines is 2. The van der Waals surface area contributed by atoms with Crippen LogP contribution in [0.4, 0.5) is 11.8 Å². The molecule has 2 N–H and O–H groups in total. The largest absolute Gasteiger partial charge is 0.368 e. The molecule has 0 spiro atoms. The number of rotatable bonds is 8. The minimum absolute atomic E-state index is 0.682. The lowest BCUT2D eigenvalue weighted by Gasteiger charge is -2.32. The van der Waals surface area contributed by atoms with Crippen molar-refractivity contribution >= 4 is 22.7 Å². The molecule has 6 heteroatoms. The van der Waals surface area contributed by atoms with Gasteiger partial charge in [-0.3, -0.25) is 4.90 Å². The summed E-state index contributed by atoms with van der Waals surface area (Å²) in [5.41, 5.74) is 2.28. The number of piperazine rings is 1. The number of likely N-dealkylation sites (N-methyl/N-ethyl adjacent to an activating group) is 1. The summed E-state index contributed by atoms with van der Waals surface area (Å²) >= 11 is 0. The van der Waals surface area contributed by atoms with Crippen molar-refractivity contribution in [2.75, 3.05) is 63.5 Å². The van der Waals surface area contributed by atoms with E-state index in [2.05, 4.69) is 57.8 Å². The maximum absolute atomic E-state index is 4.77. The average Bonchev–Trinajstić information content (AvgIpc) is 2.76. The molecule has 0 radical (unpaired) electrons. The van der Waals surface area contributed by atoms with Gasteiger partial charge in [-0.15, -0.1) is 0 Å². The third kappa shape index (κ3) is 5.43. The summed E-state index contributed by atoms with van der Waals surface area (Å²) in [4.78, 5) is 14.4. The van der Waals surface area contributed by atoms with E-state index in [0.29, 0.717) is 5.95 Å². The van der Waals surface area contributed by atoms with Gasteiger partial charge in [0.2, 0.25) is 5.95 Å². The summed E-state index contributed by atoms with van der Waals surface area (Å²) in [5.74, 6) is 1.59. The summed E-state index contributed by atoms with van der Waals surface area (Å²) in [7, 11) is 2.19. The molecule has 152 valence electrons. The molecule has 1 fully saturated rings. The maximum Gasteiger partial charge on any atom is 0.225 e. The van der Waals surface area contributed by atoms with E-state index >= 15 is 0 Å². The predicted octanol–water partition coefficient (Wildman–Crippen LogP) is 2.94. The number of hydrogen-bond donors (Lipinski definition) is 2. The van der Waals surface area contributed by atoms with Gasteiger partial charge < -0.3 is 15.5 Å². The van der Waals surface area contributed by atoms with Crippen molar-refractivity contribution in [3.63, 3.8) is 0 Å². The Bertz CT molecular complexity index is 906. The first-order valence-corrected chi connectivity index (χ1v) is 10.5. The summed E-state index contributed by atoms with van der Waals surface area (Å²) in [6.45, 7) is 7.28. The van der Waals surface area contributed by atoms with E-state index in [1.54, 1.807) is 0 Å². The van der Waals surface area contributed by atoms with E-state index in [-0.39, 0.29) is 0 Å². The van der Waals surface area contributed by atoms with E-state index < -0.39 is 0 Å². The Morgan fingerprint density at radius 2 is 1.59 bits per heavy atom. The van der Waals surface area contributed by atoms with Crippen LogP contribution in [0.1, 0.15) is 5.56 Å². The van der Waals surface area contributed by atoms with Crippen molar-refractivity contribution < 1.29 is 0 Å². The minimum atomic E-state index is 0.682. The molecule has 4 rings (SSSR count). The van der Waals surface area contributed by atoms with Crippen LogP contribution in [0.15, 0.2) is 54.6 Å². The van der Waals surface area contributed by atoms with Gasteiger partial charge in [0.1, 0.15) is 5.82 Å². The summed E-state index contributed by atoms with van der Waals surface area (Å²) < 4.78 is 0. The summed E-state index contributed by atoms with van der Waals surface area (Å²) in [5, 5.41) is 8.01. The molecule has 0 unspecified atom stereocenters. The number of nitrogens with zero attached hydrogens (tertiary/aromatic N) is 4. The molecule has 1 aromatic heterocycles. The van der Waals surface area contributed by atoms with E-state index in [0.717, 1.165) is 69.0 Å². The second kappa shape index (κ2) is 9.67. The van der Waals surface area contributed by atoms with Crippen LogP contribution in [0.2, 0.25) is 0 Å². The second-order valence-corrected chi connectivity index (χ2v) is 7.65. The average molecular weight is 391 g/mol. The molecule has 0 amide bonds. The van der Waals surface area contributed by atoms with Crippen molar-refractivity contribution in [1.82, 2.24) is 19.8 Å². The molecule has 2 heterocycles. The van der Waals surface area contributed by atoms with Crippen molar-refractivity contribution in [2.24, 2.45) is 0 Å². The van der Waals surface area contributed by atoms with Gasteiger partial charge in [-0.2, -0.15) is 4.98 Å². The van der Waals surface area contributed by atoms with Gasteiger partial charge in [0.25, 0.3) is 0 Å². The summed E-state index contributed by atoms with van der Waals surface area (Å²) in [6.07, 6.45) is 0.948. The van der Waals surface area contributed by atoms with E-state index in [1.165, 1.54) is 5.56 Å². The van der Waals surface area contributed by atoms with Crippen LogP contribution in [0, 0.1) is 0 Å². The molecule has 1 aliphatic rings. The molecule has 0 aliphatic carbocycles. The maximum atomic E-state index is 4.77. The molecular weight excluding hydrogens is 360 g/mol. The first-order chi connectivity index (χ1) is 14.3. The zero-order chi connectivity index (χ0) is 19.9. The SMILES string of the molecule is CN1CCN(CCNc2nc(NCCc3ccccc3)nc3ccccc23)CC1. The van der Waals surface area contributed by atoms with Crippen molar-refractivity contribution in [2.45, 2.75) is 6.42 Å². The molecule has 1 saturated heterocycles. The lowest BCUT2D eigenvalue weighted by Crippen LogP contribution is -2.45. The zero-order valence-electron chi connectivity index (χ0n) is 17.1. The van der Waals surface area contributed by atoms with Crippen LogP contribution < -0.4 is 10.6 Å². The molecule has 0 bridgehead atoms. The highest BCUT2D eigenvalue weighted by Gasteiger charge is 2.13. The van der Waals surface area contributed by atoms with Crippen LogP contribution in [0.5, 0.6) is 0 Å². The first-order valence-electron chi connectivity index (χ1n) is 10.5. The van der Waals surface area contributed by atoms with Gasteiger partial charge in [0.15, 0.2) is 0 Å². The number of benzene rings is 2. The van der Waals surface area contributed by atoms with Gasteiger partial charge in [-0.05, 0) is 31.2 Å². The lowest BCUT2D eigenvalue weighted by molar-refractivity contribution is 0.158. The quantitative estimate of drug-likeness (QED) is 0.617. The fourth-order valence-electron chi connectivity index (χ4n) is 3.66. The first kappa shape index (κ1) is 19.6. The molecule has 0 saturated carbocycles.